The fraction of sp³-hybridized carbons (Fsp3) is 0.682. The van der Waals surface area contributed by atoms with Crippen molar-refractivity contribution in [1.29, 1.82) is 0 Å². The van der Waals surface area contributed by atoms with E-state index in [1.54, 1.807) is 0 Å². The molecule has 0 bridgehead atoms. The fourth-order valence-corrected chi connectivity index (χ4v) is 3.86. The Kier molecular flexibility index (Phi) is 7.13. The number of benzene rings is 1. The third-order valence-electron chi connectivity index (χ3n) is 5.91. The summed E-state index contributed by atoms with van der Waals surface area (Å²) in [6.07, 6.45) is 2.50. The van der Waals surface area contributed by atoms with Crippen molar-refractivity contribution in [3.63, 3.8) is 0 Å². The maximum absolute atomic E-state index is 4.93. The molecule has 2 fully saturated rings. The minimum atomic E-state index is 0.273. The van der Waals surface area contributed by atoms with E-state index < -0.39 is 0 Å². The topological polar surface area (TPSA) is 42.9 Å². The second-order valence-electron chi connectivity index (χ2n) is 8.43. The summed E-state index contributed by atoms with van der Waals surface area (Å²) >= 11 is 0. The lowest BCUT2D eigenvalue weighted by atomic mass is 9.96. The quantitative estimate of drug-likeness (QED) is 0.543. The molecule has 1 aromatic carbocycles. The molecule has 1 aliphatic carbocycles. The van der Waals surface area contributed by atoms with Gasteiger partial charge in [0.2, 0.25) is 0 Å². The van der Waals surface area contributed by atoms with Gasteiger partial charge in [-0.2, -0.15) is 0 Å². The van der Waals surface area contributed by atoms with Crippen molar-refractivity contribution < 1.29 is 0 Å². The first kappa shape index (κ1) is 20.2. The minimum Gasteiger partial charge on any atom is -0.357 e. The highest BCUT2D eigenvalue weighted by Gasteiger charge is 2.43. The molecule has 3 rings (SSSR count). The molecular weight excluding hydrogens is 334 g/mol. The van der Waals surface area contributed by atoms with Crippen molar-refractivity contribution in [3.05, 3.63) is 35.9 Å². The normalized spacial score (nSPS) is 21.7. The van der Waals surface area contributed by atoms with Crippen LogP contribution in [0.5, 0.6) is 0 Å². The van der Waals surface area contributed by atoms with Gasteiger partial charge in [-0.1, -0.05) is 37.3 Å². The van der Waals surface area contributed by atoms with Crippen LogP contribution in [0.3, 0.4) is 0 Å². The zero-order valence-electron chi connectivity index (χ0n) is 17.4. The van der Waals surface area contributed by atoms with Crippen molar-refractivity contribution in [2.45, 2.75) is 32.1 Å². The number of likely N-dealkylation sites (N-methyl/N-ethyl adjacent to an activating group) is 1. The summed E-state index contributed by atoms with van der Waals surface area (Å²) in [6, 6.07) is 10.9. The highest BCUT2D eigenvalue weighted by Crippen LogP contribution is 2.48. The van der Waals surface area contributed by atoms with E-state index in [2.05, 4.69) is 71.7 Å². The van der Waals surface area contributed by atoms with Gasteiger partial charge in [0, 0.05) is 51.2 Å². The van der Waals surface area contributed by atoms with Crippen molar-refractivity contribution in [1.82, 2.24) is 20.4 Å². The van der Waals surface area contributed by atoms with Crippen LogP contribution >= 0.6 is 0 Å². The summed E-state index contributed by atoms with van der Waals surface area (Å²) in [7, 11) is 2.21. The van der Waals surface area contributed by atoms with Gasteiger partial charge in [-0.3, -0.25) is 4.99 Å². The largest absolute Gasteiger partial charge is 0.357 e. The van der Waals surface area contributed by atoms with Crippen LogP contribution < -0.4 is 10.6 Å². The number of aliphatic imine (C=N–C) groups is 1. The Hall–Kier alpha value is -1.59. The molecule has 1 saturated carbocycles. The van der Waals surface area contributed by atoms with Gasteiger partial charge in [0.05, 0.1) is 6.54 Å². The van der Waals surface area contributed by atoms with E-state index in [0.29, 0.717) is 5.92 Å². The summed E-state index contributed by atoms with van der Waals surface area (Å²) in [5.41, 5.74) is 1.71. The van der Waals surface area contributed by atoms with Crippen LogP contribution in [-0.2, 0) is 5.41 Å². The molecule has 1 heterocycles. The molecule has 27 heavy (non-hydrogen) atoms. The number of piperazine rings is 1. The first-order valence-corrected chi connectivity index (χ1v) is 10.6. The molecule has 1 aliphatic heterocycles. The lowest BCUT2D eigenvalue weighted by molar-refractivity contribution is 0.139. The summed E-state index contributed by atoms with van der Waals surface area (Å²) < 4.78 is 0. The molecule has 1 atom stereocenters. The van der Waals surface area contributed by atoms with Crippen molar-refractivity contribution in [2.75, 3.05) is 59.4 Å². The Balaban J connectivity index is 1.48. The third-order valence-corrected chi connectivity index (χ3v) is 5.91. The lowest BCUT2D eigenvalue weighted by Crippen LogP contribution is -2.47. The fourth-order valence-electron chi connectivity index (χ4n) is 3.86. The van der Waals surface area contributed by atoms with Crippen molar-refractivity contribution >= 4 is 5.96 Å². The van der Waals surface area contributed by atoms with Gasteiger partial charge in [0.15, 0.2) is 5.96 Å². The summed E-state index contributed by atoms with van der Waals surface area (Å²) in [5, 5.41) is 6.99. The van der Waals surface area contributed by atoms with Crippen LogP contribution in [0, 0.1) is 5.92 Å². The number of hydrogen-bond acceptors (Lipinski definition) is 3. The average Bonchev–Trinajstić information content (AvgIpc) is 3.48. The lowest BCUT2D eigenvalue weighted by Gasteiger charge is -2.34. The molecule has 0 aromatic heterocycles. The second-order valence-corrected chi connectivity index (χ2v) is 8.43. The Morgan fingerprint density at radius 2 is 1.81 bits per heavy atom. The van der Waals surface area contributed by atoms with E-state index in [1.165, 1.54) is 44.6 Å². The summed E-state index contributed by atoms with van der Waals surface area (Å²) in [6.45, 7) is 13.1. The number of nitrogens with one attached hydrogen (secondary N) is 2. The van der Waals surface area contributed by atoms with E-state index in [0.717, 1.165) is 32.1 Å². The van der Waals surface area contributed by atoms with Gasteiger partial charge in [-0.25, -0.2) is 0 Å². The predicted molar refractivity (Wildman–Crippen MR) is 114 cm³/mol. The zero-order valence-corrected chi connectivity index (χ0v) is 17.4. The number of hydrogen-bond donors (Lipinski definition) is 2. The molecule has 0 spiro atoms. The molecule has 2 N–H and O–H groups in total. The van der Waals surface area contributed by atoms with Crippen LogP contribution in [0.1, 0.15) is 32.3 Å². The highest BCUT2D eigenvalue weighted by atomic mass is 15.2. The Morgan fingerprint density at radius 1 is 1.11 bits per heavy atom. The van der Waals surface area contributed by atoms with Crippen LogP contribution in [-0.4, -0.2) is 75.2 Å². The monoisotopic (exact) mass is 371 g/mol. The van der Waals surface area contributed by atoms with Crippen molar-refractivity contribution in [3.8, 4) is 0 Å². The predicted octanol–water partition coefficient (Wildman–Crippen LogP) is 2.16. The first-order valence-electron chi connectivity index (χ1n) is 10.6. The van der Waals surface area contributed by atoms with E-state index in [9.17, 15) is 0 Å². The molecule has 2 aliphatic rings. The van der Waals surface area contributed by atoms with Crippen LogP contribution in [0.4, 0.5) is 0 Å². The molecular formula is C22H37N5. The van der Waals surface area contributed by atoms with E-state index in [4.69, 9.17) is 4.99 Å². The molecule has 0 amide bonds. The molecule has 0 radical (unpaired) electrons. The smallest absolute Gasteiger partial charge is 0.191 e. The first-order chi connectivity index (χ1) is 13.1. The SMILES string of the molecule is CCNC(=NCC1(c2ccccc2)CC1)NCC(C)CN1CCN(C)CC1. The standard InChI is InChI=1S/C22H37N5/c1-4-23-21(24-16-19(2)17-27-14-12-26(3)13-15-27)25-18-22(10-11-22)20-8-6-5-7-9-20/h5-9,19H,4,10-18H2,1-3H3,(H2,23,24,25). The average molecular weight is 372 g/mol. The van der Waals surface area contributed by atoms with Crippen molar-refractivity contribution in [2.24, 2.45) is 10.9 Å². The van der Waals surface area contributed by atoms with Gasteiger partial charge in [0.25, 0.3) is 0 Å². The molecule has 1 aromatic rings. The second kappa shape index (κ2) is 9.56. The Labute approximate surface area is 165 Å². The van der Waals surface area contributed by atoms with Gasteiger partial charge in [-0.05, 0) is 38.3 Å². The van der Waals surface area contributed by atoms with Crippen LogP contribution in [0.15, 0.2) is 35.3 Å². The highest BCUT2D eigenvalue weighted by molar-refractivity contribution is 5.79. The van der Waals surface area contributed by atoms with E-state index in [1.807, 2.05) is 0 Å². The number of guanidine groups is 1. The maximum atomic E-state index is 4.93. The van der Waals surface area contributed by atoms with E-state index >= 15 is 0 Å². The summed E-state index contributed by atoms with van der Waals surface area (Å²) in [4.78, 5) is 9.93. The number of rotatable bonds is 8. The Morgan fingerprint density at radius 3 is 2.44 bits per heavy atom. The molecule has 150 valence electrons. The van der Waals surface area contributed by atoms with Crippen LogP contribution in [0.25, 0.3) is 0 Å². The molecule has 5 nitrogen and oxygen atoms in total. The Bertz CT molecular complexity index is 588. The maximum Gasteiger partial charge on any atom is 0.191 e. The third kappa shape index (κ3) is 5.94. The van der Waals surface area contributed by atoms with Gasteiger partial charge >= 0.3 is 0 Å². The molecule has 1 saturated heterocycles. The van der Waals surface area contributed by atoms with E-state index in [-0.39, 0.29) is 5.41 Å². The molecule has 5 heteroatoms. The van der Waals surface area contributed by atoms with Crippen LogP contribution in [0.2, 0.25) is 0 Å². The summed E-state index contributed by atoms with van der Waals surface area (Å²) in [5.74, 6) is 1.58. The number of nitrogens with zero attached hydrogens (tertiary/aromatic N) is 3. The van der Waals surface area contributed by atoms with Gasteiger partial charge in [-0.15, -0.1) is 0 Å². The zero-order chi connectivity index (χ0) is 19.1. The minimum absolute atomic E-state index is 0.273. The van der Waals surface area contributed by atoms with Gasteiger partial charge in [0.1, 0.15) is 0 Å². The van der Waals surface area contributed by atoms with Gasteiger partial charge < -0.3 is 20.4 Å². The molecule has 1 unspecified atom stereocenters.